The van der Waals surface area contributed by atoms with E-state index in [4.69, 9.17) is 11.6 Å². The standard InChI is InChI=1S/C9H8ClN3O/c1-13-9(14)4-7(12-13)6-2-3-8(10)11-5-6/h2-5,12H,1H3. The molecule has 0 aliphatic carbocycles. The van der Waals surface area contributed by atoms with Gasteiger partial charge in [-0.15, -0.1) is 0 Å². The van der Waals surface area contributed by atoms with Gasteiger partial charge in [-0.3, -0.25) is 14.6 Å². The van der Waals surface area contributed by atoms with Crippen LogP contribution >= 0.6 is 11.6 Å². The molecule has 0 atom stereocenters. The van der Waals surface area contributed by atoms with Crippen molar-refractivity contribution >= 4 is 11.6 Å². The first-order chi connectivity index (χ1) is 6.66. The minimum Gasteiger partial charge on any atom is -0.295 e. The van der Waals surface area contributed by atoms with E-state index in [1.165, 1.54) is 10.7 Å². The van der Waals surface area contributed by atoms with Crippen LogP contribution in [0.5, 0.6) is 0 Å². The van der Waals surface area contributed by atoms with Gasteiger partial charge in [0.1, 0.15) is 5.15 Å². The number of pyridine rings is 1. The first-order valence-corrected chi connectivity index (χ1v) is 4.42. The van der Waals surface area contributed by atoms with Crippen LogP contribution in [-0.4, -0.2) is 14.8 Å². The third-order valence-corrected chi connectivity index (χ3v) is 2.15. The average Bonchev–Trinajstić information content (AvgIpc) is 2.48. The van der Waals surface area contributed by atoms with Crippen LogP contribution in [0.4, 0.5) is 0 Å². The Morgan fingerprint density at radius 3 is 2.79 bits per heavy atom. The number of aromatic nitrogens is 3. The lowest BCUT2D eigenvalue weighted by Gasteiger charge is -1.96. The van der Waals surface area contributed by atoms with Crippen molar-refractivity contribution in [1.29, 1.82) is 0 Å². The number of hydrogen-bond donors (Lipinski definition) is 1. The fourth-order valence-corrected chi connectivity index (χ4v) is 1.28. The van der Waals surface area contributed by atoms with E-state index >= 15 is 0 Å². The van der Waals surface area contributed by atoms with Crippen molar-refractivity contribution in [3.8, 4) is 11.3 Å². The van der Waals surface area contributed by atoms with Crippen LogP contribution in [0.1, 0.15) is 0 Å². The van der Waals surface area contributed by atoms with Crippen LogP contribution in [0.2, 0.25) is 5.15 Å². The molecule has 1 N–H and O–H groups in total. The zero-order valence-electron chi connectivity index (χ0n) is 7.49. The van der Waals surface area contributed by atoms with Crippen LogP contribution in [0, 0.1) is 0 Å². The first kappa shape index (κ1) is 9.02. The minimum atomic E-state index is -0.0741. The van der Waals surface area contributed by atoms with Gasteiger partial charge in [0, 0.05) is 24.9 Å². The van der Waals surface area contributed by atoms with Crippen molar-refractivity contribution in [2.24, 2.45) is 7.05 Å². The third-order valence-electron chi connectivity index (χ3n) is 1.92. The number of aromatic amines is 1. The summed E-state index contributed by atoms with van der Waals surface area (Å²) in [6.07, 6.45) is 1.62. The van der Waals surface area contributed by atoms with Gasteiger partial charge in [-0.1, -0.05) is 11.6 Å². The first-order valence-electron chi connectivity index (χ1n) is 4.05. The highest BCUT2D eigenvalue weighted by Gasteiger charge is 2.02. The maximum absolute atomic E-state index is 11.2. The van der Waals surface area contributed by atoms with E-state index in [1.807, 2.05) is 0 Å². The third kappa shape index (κ3) is 1.56. The highest BCUT2D eigenvalue weighted by atomic mass is 35.5. The monoisotopic (exact) mass is 209 g/mol. The molecule has 0 radical (unpaired) electrons. The molecule has 72 valence electrons. The second-order valence-electron chi connectivity index (χ2n) is 2.94. The van der Waals surface area contributed by atoms with E-state index < -0.39 is 0 Å². The van der Waals surface area contributed by atoms with Gasteiger partial charge in [0.2, 0.25) is 0 Å². The zero-order chi connectivity index (χ0) is 10.1. The molecule has 0 aliphatic rings. The minimum absolute atomic E-state index is 0.0741. The van der Waals surface area contributed by atoms with E-state index in [0.29, 0.717) is 5.15 Å². The smallest absolute Gasteiger partial charge is 0.266 e. The summed E-state index contributed by atoms with van der Waals surface area (Å²) in [5, 5.41) is 3.34. The number of hydrogen-bond acceptors (Lipinski definition) is 2. The van der Waals surface area contributed by atoms with Crippen molar-refractivity contribution in [3.63, 3.8) is 0 Å². The molecule has 0 amide bonds. The van der Waals surface area contributed by atoms with Crippen LogP contribution in [0.15, 0.2) is 29.2 Å². The average molecular weight is 210 g/mol. The summed E-state index contributed by atoms with van der Waals surface area (Å²) in [5.41, 5.74) is 1.50. The summed E-state index contributed by atoms with van der Waals surface area (Å²) in [6.45, 7) is 0. The Kier molecular flexibility index (Phi) is 2.13. The summed E-state index contributed by atoms with van der Waals surface area (Å²) in [5.74, 6) is 0. The second-order valence-corrected chi connectivity index (χ2v) is 3.32. The molecule has 14 heavy (non-hydrogen) atoms. The lowest BCUT2D eigenvalue weighted by atomic mass is 10.2. The van der Waals surface area contributed by atoms with Crippen LogP contribution in [0.3, 0.4) is 0 Å². The Balaban J connectivity index is 2.49. The molecule has 0 aromatic carbocycles. The maximum atomic E-state index is 11.2. The summed E-state index contributed by atoms with van der Waals surface area (Å²) in [6, 6.07) is 5.01. The Morgan fingerprint density at radius 1 is 1.50 bits per heavy atom. The van der Waals surface area contributed by atoms with Crippen LogP contribution in [0.25, 0.3) is 11.3 Å². The number of halogens is 1. The highest BCUT2D eigenvalue weighted by molar-refractivity contribution is 6.29. The van der Waals surface area contributed by atoms with Gasteiger partial charge in [-0.2, -0.15) is 0 Å². The van der Waals surface area contributed by atoms with Crippen molar-refractivity contribution in [2.75, 3.05) is 0 Å². The van der Waals surface area contributed by atoms with E-state index in [0.717, 1.165) is 11.3 Å². The van der Waals surface area contributed by atoms with Crippen molar-refractivity contribution in [3.05, 3.63) is 39.9 Å². The number of H-pyrrole nitrogens is 1. The van der Waals surface area contributed by atoms with Gasteiger partial charge in [0.15, 0.2) is 0 Å². The molecular formula is C9H8ClN3O. The van der Waals surface area contributed by atoms with Gasteiger partial charge in [0.25, 0.3) is 5.56 Å². The predicted octanol–water partition coefficient (Wildman–Crippen LogP) is 1.43. The van der Waals surface area contributed by atoms with Gasteiger partial charge in [-0.05, 0) is 12.1 Å². The van der Waals surface area contributed by atoms with Crippen molar-refractivity contribution < 1.29 is 0 Å². The lowest BCUT2D eigenvalue weighted by Crippen LogP contribution is -2.09. The van der Waals surface area contributed by atoms with Gasteiger partial charge in [-0.25, -0.2) is 4.98 Å². The van der Waals surface area contributed by atoms with Crippen LogP contribution in [-0.2, 0) is 7.05 Å². The summed E-state index contributed by atoms with van der Waals surface area (Å²) in [4.78, 5) is 15.1. The SMILES string of the molecule is Cn1[nH]c(-c2ccc(Cl)nc2)cc1=O. The molecule has 2 heterocycles. The van der Waals surface area contributed by atoms with E-state index in [2.05, 4.69) is 10.1 Å². The Morgan fingerprint density at radius 2 is 2.29 bits per heavy atom. The quantitative estimate of drug-likeness (QED) is 0.723. The summed E-state index contributed by atoms with van der Waals surface area (Å²) < 4.78 is 1.41. The maximum Gasteiger partial charge on any atom is 0.266 e. The highest BCUT2D eigenvalue weighted by Crippen LogP contribution is 2.15. The normalized spacial score (nSPS) is 10.4. The summed E-state index contributed by atoms with van der Waals surface area (Å²) >= 11 is 5.65. The fourth-order valence-electron chi connectivity index (χ4n) is 1.17. The zero-order valence-corrected chi connectivity index (χ0v) is 8.25. The molecule has 0 spiro atoms. The lowest BCUT2D eigenvalue weighted by molar-refractivity contribution is 0.742. The molecule has 2 rings (SSSR count). The molecule has 0 unspecified atom stereocenters. The molecule has 0 saturated carbocycles. The largest absolute Gasteiger partial charge is 0.295 e. The van der Waals surface area contributed by atoms with Crippen molar-refractivity contribution in [2.45, 2.75) is 0 Å². The van der Waals surface area contributed by atoms with E-state index in [9.17, 15) is 4.79 Å². The van der Waals surface area contributed by atoms with E-state index in [1.54, 1.807) is 25.4 Å². The van der Waals surface area contributed by atoms with Gasteiger partial charge in [0.05, 0.1) is 5.69 Å². The Hall–Kier alpha value is -1.55. The molecule has 0 bridgehead atoms. The number of rotatable bonds is 1. The van der Waals surface area contributed by atoms with Crippen molar-refractivity contribution in [1.82, 2.24) is 14.8 Å². The van der Waals surface area contributed by atoms with Gasteiger partial charge >= 0.3 is 0 Å². The molecule has 0 saturated heterocycles. The number of nitrogens with one attached hydrogen (secondary N) is 1. The molecule has 0 fully saturated rings. The second kappa shape index (κ2) is 3.31. The Labute approximate surface area is 85.1 Å². The fraction of sp³-hybridized carbons (Fsp3) is 0.111. The Bertz CT molecular complexity index is 498. The van der Waals surface area contributed by atoms with E-state index in [-0.39, 0.29) is 5.56 Å². The molecule has 4 nitrogen and oxygen atoms in total. The predicted molar refractivity (Wildman–Crippen MR) is 54.3 cm³/mol. The van der Waals surface area contributed by atoms with Gasteiger partial charge < -0.3 is 0 Å². The number of aryl methyl sites for hydroxylation is 1. The molecule has 2 aromatic rings. The molecule has 0 aliphatic heterocycles. The molecule has 2 aromatic heterocycles. The summed E-state index contributed by atoms with van der Waals surface area (Å²) in [7, 11) is 1.66. The molecular weight excluding hydrogens is 202 g/mol. The van der Waals surface area contributed by atoms with Crippen LogP contribution < -0.4 is 5.56 Å². The number of nitrogens with zero attached hydrogens (tertiary/aromatic N) is 2. The molecule has 5 heteroatoms. The topological polar surface area (TPSA) is 50.7 Å².